The van der Waals surface area contributed by atoms with Gasteiger partial charge in [0.25, 0.3) is 0 Å². The first kappa shape index (κ1) is 19.1. The van der Waals surface area contributed by atoms with E-state index in [0.29, 0.717) is 22.6 Å². The smallest absolute Gasteiger partial charge is 0.337 e. The van der Waals surface area contributed by atoms with Crippen LogP contribution in [0.25, 0.3) is 27.9 Å². The predicted octanol–water partition coefficient (Wildman–Crippen LogP) is 5.97. The van der Waals surface area contributed by atoms with Crippen LogP contribution >= 0.6 is 0 Å². The quantitative estimate of drug-likeness (QED) is 0.506. The summed E-state index contributed by atoms with van der Waals surface area (Å²) < 4.78 is 54.5. The minimum Gasteiger partial charge on any atom is -0.337 e. The van der Waals surface area contributed by atoms with Crippen molar-refractivity contribution in [3.63, 3.8) is 0 Å². The molecule has 1 aliphatic heterocycles. The summed E-state index contributed by atoms with van der Waals surface area (Å²) in [5.74, 6) is -0.383. The average Bonchev–Trinajstić information content (AvgIpc) is 3.31. The zero-order valence-corrected chi connectivity index (χ0v) is 15.9. The third kappa shape index (κ3) is 3.25. The molecule has 2 aromatic carbocycles. The Labute approximate surface area is 169 Å². The van der Waals surface area contributed by atoms with Crippen molar-refractivity contribution in [3.8, 4) is 11.1 Å². The first-order valence-corrected chi connectivity index (χ1v) is 9.88. The van der Waals surface area contributed by atoms with Gasteiger partial charge in [-0.25, -0.2) is 9.37 Å². The third-order valence-electron chi connectivity index (χ3n) is 5.82. The molecular weight excluding hydrogens is 398 g/mol. The van der Waals surface area contributed by atoms with Crippen LogP contribution in [-0.4, -0.2) is 15.6 Å². The van der Waals surface area contributed by atoms with Gasteiger partial charge in [-0.05, 0) is 48.7 Å². The maximum Gasteiger partial charge on any atom is 0.417 e. The number of hydrogen-bond acceptors (Lipinski definition) is 3. The number of nitrogens with zero attached hydrogens (tertiary/aromatic N) is 1. The van der Waals surface area contributed by atoms with Crippen LogP contribution in [0.15, 0.2) is 42.5 Å². The zero-order chi connectivity index (χ0) is 20.9. The zero-order valence-electron chi connectivity index (χ0n) is 15.9. The average molecular weight is 417 g/mol. The molecule has 1 aliphatic carbocycles. The molecule has 2 heterocycles. The lowest BCUT2D eigenvalue weighted by molar-refractivity contribution is -0.137. The van der Waals surface area contributed by atoms with Crippen LogP contribution in [-0.2, 0) is 11.0 Å². The molecule has 156 valence electrons. The van der Waals surface area contributed by atoms with E-state index in [4.69, 9.17) is 4.84 Å². The Morgan fingerprint density at radius 1 is 1.03 bits per heavy atom. The molecule has 1 spiro atoms. The fourth-order valence-electron chi connectivity index (χ4n) is 4.34. The van der Waals surface area contributed by atoms with Gasteiger partial charge < -0.3 is 4.98 Å². The number of alkyl halides is 3. The molecule has 30 heavy (non-hydrogen) atoms. The SMILES string of the molecule is Fc1cccc(C(F)(F)F)c1-c1ccc2nc(C3=CC4(CCCCC4)ON3)[nH]c2c1. The van der Waals surface area contributed by atoms with E-state index in [0.717, 1.165) is 43.9 Å². The Kier molecular flexibility index (Phi) is 4.36. The van der Waals surface area contributed by atoms with Crippen molar-refractivity contribution in [3.05, 3.63) is 59.7 Å². The van der Waals surface area contributed by atoms with Crippen molar-refractivity contribution in [1.29, 1.82) is 0 Å². The largest absolute Gasteiger partial charge is 0.417 e. The van der Waals surface area contributed by atoms with Crippen LogP contribution in [0.3, 0.4) is 0 Å². The molecule has 3 aromatic rings. The molecule has 2 aliphatic rings. The summed E-state index contributed by atoms with van der Waals surface area (Å²) in [7, 11) is 0. The normalized spacial score (nSPS) is 18.6. The second kappa shape index (κ2) is 6.84. The summed E-state index contributed by atoms with van der Waals surface area (Å²) >= 11 is 0. The second-order valence-electron chi connectivity index (χ2n) is 7.87. The summed E-state index contributed by atoms with van der Waals surface area (Å²) in [5, 5.41) is 0. The molecule has 1 aromatic heterocycles. The lowest BCUT2D eigenvalue weighted by Gasteiger charge is -2.29. The lowest BCUT2D eigenvalue weighted by atomic mass is 9.84. The van der Waals surface area contributed by atoms with Gasteiger partial charge in [-0.2, -0.15) is 13.2 Å². The fourth-order valence-corrected chi connectivity index (χ4v) is 4.34. The number of nitrogens with one attached hydrogen (secondary N) is 2. The highest BCUT2D eigenvalue weighted by Crippen LogP contribution is 2.40. The molecule has 0 saturated heterocycles. The Morgan fingerprint density at radius 2 is 1.83 bits per heavy atom. The van der Waals surface area contributed by atoms with Crippen LogP contribution < -0.4 is 5.48 Å². The first-order chi connectivity index (χ1) is 14.3. The summed E-state index contributed by atoms with van der Waals surface area (Å²) in [6, 6.07) is 7.51. The molecule has 1 fully saturated rings. The number of rotatable bonds is 2. The maximum atomic E-state index is 14.4. The van der Waals surface area contributed by atoms with Gasteiger partial charge in [-0.3, -0.25) is 10.3 Å². The molecule has 4 nitrogen and oxygen atoms in total. The van der Waals surface area contributed by atoms with Crippen molar-refractivity contribution in [2.75, 3.05) is 0 Å². The number of hydroxylamine groups is 1. The number of imidazole rings is 1. The molecule has 0 amide bonds. The fraction of sp³-hybridized carbons (Fsp3) is 0.318. The first-order valence-electron chi connectivity index (χ1n) is 9.88. The van der Waals surface area contributed by atoms with E-state index in [9.17, 15) is 17.6 Å². The van der Waals surface area contributed by atoms with E-state index >= 15 is 0 Å². The Balaban J connectivity index is 1.54. The molecule has 0 radical (unpaired) electrons. The molecule has 0 atom stereocenters. The number of H-pyrrole nitrogens is 1. The topological polar surface area (TPSA) is 49.9 Å². The number of fused-ring (bicyclic) bond motifs is 1. The highest BCUT2D eigenvalue weighted by molar-refractivity contribution is 5.85. The van der Waals surface area contributed by atoms with Gasteiger partial charge in [0.15, 0.2) is 5.82 Å². The maximum absolute atomic E-state index is 14.4. The minimum absolute atomic E-state index is 0.136. The lowest BCUT2D eigenvalue weighted by Crippen LogP contribution is -2.31. The number of aromatic nitrogens is 2. The van der Waals surface area contributed by atoms with Gasteiger partial charge in [-0.1, -0.05) is 31.4 Å². The summed E-state index contributed by atoms with van der Waals surface area (Å²) in [6.07, 6.45) is 2.62. The second-order valence-corrected chi connectivity index (χ2v) is 7.87. The standard InChI is InChI=1S/C22H19F4N3O/c23-15-6-4-5-14(22(24,25)26)19(15)13-7-8-16-17(11-13)28-20(27-16)18-12-21(30-29-18)9-2-1-3-10-21/h4-8,11-12,29H,1-3,9-10H2,(H,27,28). The molecule has 8 heteroatoms. The predicted molar refractivity (Wildman–Crippen MR) is 105 cm³/mol. The molecule has 0 bridgehead atoms. The summed E-state index contributed by atoms with van der Waals surface area (Å²) in [4.78, 5) is 13.5. The minimum atomic E-state index is -4.66. The van der Waals surface area contributed by atoms with Gasteiger partial charge >= 0.3 is 6.18 Å². The molecular formula is C22H19F4N3O. The number of hydrogen-bond donors (Lipinski definition) is 2. The van der Waals surface area contributed by atoms with Gasteiger partial charge in [0.1, 0.15) is 17.1 Å². The molecule has 2 N–H and O–H groups in total. The number of benzene rings is 2. The summed E-state index contributed by atoms with van der Waals surface area (Å²) in [6.45, 7) is 0. The molecule has 0 unspecified atom stereocenters. The van der Waals surface area contributed by atoms with Gasteiger partial charge in [0.05, 0.1) is 16.6 Å². The van der Waals surface area contributed by atoms with Crippen LogP contribution in [0.5, 0.6) is 0 Å². The monoisotopic (exact) mass is 417 g/mol. The van der Waals surface area contributed by atoms with E-state index in [-0.39, 0.29) is 11.2 Å². The van der Waals surface area contributed by atoms with Crippen molar-refractivity contribution in [2.24, 2.45) is 0 Å². The van der Waals surface area contributed by atoms with Crippen molar-refractivity contribution >= 4 is 16.7 Å². The van der Waals surface area contributed by atoms with Gasteiger partial charge in [0, 0.05) is 5.56 Å². The van der Waals surface area contributed by atoms with Crippen molar-refractivity contribution in [2.45, 2.75) is 43.9 Å². The third-order valence-corrected chi connectivity index (χ3v) is 5.82. The molecule has 1 saturated carbocycles. The van der Waals surface area contributed by atoms with Gasteiger partial charge in [0.2, 0.25) is 0 Å². The van der Waals surface area contributed by atoms with E-state index in [1.165, 1.54) is 18.6 Å². The Bertz CT molecular complexity index is 1140. The highest BCUT2D eigenvalue weighted by Gasteiger charge is 2.37. The Morgan fingerprint density at radius 3 is 2.60 bits per heavy atom. The van der Waals surface area contributed by atoms with E-state index in [1.54, 1.807) is 6.07 Å². The van der Waals surface area contributed by atoms with Crippen LogP contribution in [0, 0.1) is 5.82 Å². The van der Waals surface area contributed by atoms with Crippen molar-refractivity contribution < 1.29 is 22.4 Å². The number of halogens is 4. The van der Waals surface area contributed by atoms with E-state index in [2.05, 4.69) is 15.4 Å². The van der Waals surface area contributed by atoms with Crippen LogP contribution in [0.4, 0.5) is 17.6 Å². The Hall–Kier alpha value is -2.87. The van der Waals surface area contributed by atoms with E-state index in [1.807, 2.05) is 6.08 Å². The highest BCUT2D eigenvalue weighted by atomic mass is 19.4. The van der Waals surface area contributed by atoms with Crippen LogP contribution in [0.2, 0.25) is 0 Å². The van der Waals surface area contributed by atoms with Gasteiger partial charge in [-0.15, -0.1) is 0 Å². The summed E-state index contributed by atoms with van der Waals surface area (Å²) in [5.41, 5.74) is 3.07. The molecule has 5 rings (SSSR count). The van der Waals surface area contributed by atoms with Crippen molar-refractivity contribution in [1.82, 2.24) is 15.4 Å². The van der Waals surface area contributed by atoms with Crippen LogP contribution in [0.1, 0.15) is 43.5 Å². The van der Waals surface area contributed by atoms with E-state index < -0.39 is 23.1 Å². The number of aromatic amines is 1.